The molecule has 316 valence electrons. The number of phosphoric ester groups is 1. The Morgan fingerprint density at radius 1 is 0.655 bits per heavy atom. The van der Waals surface area contributed by atoms with Crippen molar-refractivity contribution in [3.63, 3.8) is 0 Å². The highest BCUT2D eigenvalue weighted by molar-refractivity contribution is 7.47. The lowest BCUT2D eigenvalue weighted by Crippen LogP contribution is -2.34. The topological polar surface area (TPSA) is 192 Å². The summed E-state index contributed by atoms with van der Waals surface area (Å²) in [5.74, 6) is -2.48. The van der Waals surface area contributed by atoms with Crippen LogP contribution in [0.2, 0.25) is 0 Å². The summed E-state index contributed by atoms with van der Waals surface area (Å²) in [7, 11) is -4.73. The van der Waals surface area contributed by atoms with Crippen LogP contribution in [-0.2, 0) is 37.5 Å². The highest BCUT2D eigenvalue weighted by Gasteiger charge is 2.28. The van der Waals surface area contributed by atoms with Crippen molar-refractivity contribution in [2.75, 3.05) is 19.8 Å². The van der Waals surface area contributed by atoms with Gasteiger partial charge in [-0.1, -0.05) is 152 Å². The van der Waals surface area contributed by atoms with Gasteiger partial charge in [0, 0.05) is 12.8 Å². The van der Waals surface area contributed by atoms with Crippen molar-refractivity contribution in [2.45, 2.75) is 167 Å². The van der Waals surface area contributed by atoms with Crippen LogP contribution in [-0.4, -0.2) is 71.1 Å². The zero-order valence-electron chi connectivity index (χ0n) is 33.6. The molecule has 0 heterocycles. The molecule has 0 aliphatic heterocycles. The molecule has 0 aromatic heterocycles. The summed E-state index contributed by atoms with van der Waals surface area (Å²) in [6.07, 6.45) is 38.2. The number of phosphoric acid groups is 1. The van der Waals surface area contributed by atoms with Crippen LogP contribution in [0.25, 0.3) is 0 Å². The lowest BCUT2D eigenvalue weighted by Gasteiger charge is -2.20. The normalized spacial score (nSPS) is 15.0. The van der Waals surface area contributed by atoms with Gasteiger partial charge in [0.05, 0.1) is 19.3 Å². The lowest BCUT2D eigenvalue weighted by atomic mass is 10.0. The molecule has 0 spiro atoms. The first-order valence-corrected chi connectivity index (χ1v) is 21.9. The molecule has 4 atom stereocenters. The molecule has 12 nitrogen and oxygen atoms in total. The van der Waals surface area contributed by atoms with Crippen molar-refractivity contribution in [1.82, 2.24) is 0 Å². The largest absolute Gasteiger partial charge is 0.480 e. The molecule has 0 rings (SSSR count). The SMILES string of the molecule is CCCCCCCCCCCCCCCC(=O)O[C@H](COC(=O)CCC/C=C\C/C=C\C/C=C\C/C=C\C=C\[C@@H](O)CC)COP(=O)(O)OC[C@H](N)C(=O)O. The molecule has 5 N–H and O–H groups in total. The Hall–Kier alpha value is -2.86. The minimum absolute atomic E-state index is 0.129. The Labute approximate surface area is 330 Å². The minimum atomic E-state index is -4.73. The number of carbonyl (C=O) groups is 3. The van der Waals surface area contributed by atoms with E-state index in [1.807, 2.05) is 37.3 Å². The molecule has 0 aromatic carbocycles. The van der Waals surface area contributed by atoms with Crippen LogP contribution in [0.1, 0.15) is 149 Å². The fraction of sp³-hybridized carbons (Fsp3) is 0.690. The van der Waals surface area contributed by atoms with Crippen molar-refractivity contribution in [2.24, 2.45) is 5.73 Å². The average Bonchev–Trinajstić information content (AvgIpc) is 3.16. The number of esters is 2. The van der Waals surface area contributed by atoms with E-state index >= 15 is 0 Å². The summed E-state index contributed by atoms with van der Waals surface area (Å²) < 4.78 is 32.5. The molecule has 0 aliphatic rings. The lowest BCUT2D eigenvalue weighted by molar-refractivity contribution is -0.161. The van der Waals surface area contributed by atoms with Gasteiger partial charge in [0.2, 0.25) is 0 Å². The summed E-state index contributed by atoms with van der Waals surface area (Å²) in [5.41, 5.74) is 5.32. The van der Waals surface area contributed by atoms with Gasteiger partial charge in [-0.3, -0.25) is 23.4 Å². The van der Waals surface area contributed by atoms with Crippen LogP contribution in [0.3, 0.4) is 0 Å². The second-order valence-corrected chi connectivity index (χ2v) is 15.0. The van der Waals surface area contributed by atoms with Crippen molar-refractivity contribution in [1.29, 1.82) is 0 Å². The molecule has 0 amide bonds. The van der Waals surface area contributed by atoms with Gasteiger partial charge in [-0.25, -0.2) is 4.57 Å². The number of ether oxygens (including phenoxy) is 2. The number of rotatable bonds is 37. The van der Waals surface area contributed by atoms with Gasteiger partial charge in [0.1, 0.15) is 12.6 Å². The number of hydrogen-bond donors (Lipinski definition) is 4. The van der Waals surface area contributed by atoms with Crippen LogP contribution in [0.15, 0.2) is 60.8 Å². The predicted molar refractivity (Wildman–Crippen MR) is 218 cm³/mol. The zero-order chi connectivity index (χ0) is 40.8. The molecule has 55 heavy (non-hydrogen) atoms. The standard InChI is InChI=1S/C42H72NO11P/c1-3-5-6-7-8-9-10-13-18-21-24-27-30-33-41(46)54-38(35-52-55(49,50)53-36-39(43)42(47)48)34-51-40(45)32-29-26-23-20-17-15-12-11-14-16-19-22-25-28-31-37(44)4-2/h12,14-16,20,22-23,25,28,31,37-39,44H,3-11,13,17-19,21,24,26-27,29-30,32-36,43H2,1-2H3,(H,47,48)(H,49,50)/b15-12-,16-14-,23-20-,25-22-,31-28+/t37-,38+,39-/m0/s1. The van der Waals surface area contributed by atoms with Gasteiger partial charge >= 0.3 is 25.7 Å². The number of hydrogen-bond acceptors (Lipinski definition) is 10. The van der Waals surface area contributed by atoms with Crippen LogP contribution in [0.4, 0.5) is 0 Å². The first kappa shape index (κ1) is 52.1. The summed E-state index contributed by atoms with van der Waals surface area (Å²) in [6.45, 7) is 2.39. The maximum Gasteiger partial charge on any atom is 0.472 e. The quantitative estimate of drug-likeness (QED) is 0.0153. The second kappa shape index (κ2) is 36.8. The molecule has 0 aliphatic carbocycles. The second-order valence-electron chi connectivity index (χ2n) is 13.6. The fourth-order valence-electron chi connectivity index (χ4n) is 5.05. The van der Waals surface area contributed by atoms with Gasteiger partial charge in [-0.2, -0.15) is 0 Å². The number of aliphatic hydroxyl groups excluding tert-OH is 1. The molecule has 0 bridgehead atoms. The van der Waals surface area contributed by atoms with Gasteiger partial charge in [-0.05, 0) is 44.9 Å². The number of carbonyl (C=O) groups excluding carboxylic acids is 2. The van der Waals surface area contributed by atoms with E-state index in [1.54, 1.807) is 6.08 Å². The third kappa shape index (κ3) is 36.5. The van der Waals surface area contributed by atoms with Crippen molar-refractivity contribution in [3.8, 4) is 0 Å². The van der Waals surface area contributed by atoms with Crippen LogP contribution >= 0.6 is 7.82 Å². The number of unbranched alkanes of at least 4 members (excludes halogenated alkanes) is 13. The summed E-state index contributed by atoms with van der Waals surface area (Å²) in [4.78, 5) is 45.8. The van der Waals surface area contributed by atoms with E-state index in [-0.39, 0.29) is 19.4 Å². The summed E-state index contributed by atoms with van der Waals surface area (Å²) in [5, 5.41) is 18.3. The first-order valence-electron chi connectivity index (χ1n) is 20.4. The van der Waals surface area contributed by atoms with Crippen LogP contribution in [0.5, 0.6) is 0 Å². The fourth-order valence-corrected chi connectivity index (χ4v) is 5.83. The molecule has 0 aromatic rings. The van der Waals surface area contributed by atoms with E-state index < -0.39 is 57.2 Å². The number of carboxylic acids is 1. The Kier molecular flexibility index (Phi) is 34.8. The van der Waals surface area contributed by atoms with Gasteiger partial charge in [0.25, 0.3) is 0 Å². The van der Waals surface area contributed by atoms with E-state index in [0.717, 1.165) is 38.5 Å². The van der Waals surface area contributed by atoms with Crippen molar-refractivity contribution < 1.29 is 52.6 Å². The summed E-state index contributed by atoms with van der Waals surface area (Å²) >= 11 is 0. The zero-order valence-corrected chi connectivity index (χ0v) is 34.5. The van der Waals surface area contributed by atoms with Crippen LogP contribution in [0, 0.1) is 0 Å². The molecule has 13 heteroatoms. The number of carboxylic acid groups (broad SMARTS) is 1. The molecular weight excluding hydrogens is 725 g/mol. The predicted octanol–water partition coefficient (Wildman–Crippen LogP) is 9.36. The number of allylic oxidation sites excluding steroid dienone is 9. The van der Waals surface area contributed by atoms with E-state index in [2.05, 4.69) is 35.8 Å². The average molecular weight is 798 g/mol. The van der Waals surface area contributed by atoms with E-state index in [1.165, 1.54) is 57.8 Å². The number of aliphatic carboxylic acids is 1. The van der Waals surface area contributed by atoms with Crippen LogP contribution < -0.4 is 5.73 Å². The number of nitrogens with two attached hydrogens (primary N) is 1. The molecular formula is C42H72NO11P. The van der Waals surface area contributed by atoms with Crippen molar-refractivity contribution >= 4 is 25.7 Å². The Morgan fingerprint density at radius 2 is 1.16 bits per heavy atom. The maximum absolute atomic E-state index is 12.6. The van der Waals surface area contributed by atoms with Gasteiger partial charge < -0.3 is 30.3 Å². The Morgan fingerprint density at radius 3 is 1.73 bits per heavy atom. The Bertz CT molecular complexity index is 1180. The van der Waals surface area contributed by atoms with E-state index in [0.29, 0.717) is 25.7 Å². The molecule has 0 radical (unpaired) electrons. The minimum Gasteiger partial charge on any atom is -0.480 e. The van der Waals surface area contributed by atoms with E-state index in [4.69, 9.17) is 24.8 Å². The van der Waals surface area contributed by atoms with Crippen molar-refractivity contribution in [3.05, 3.63) is 60.8 Å². The third-order valence-corrected chi connectivity index (χ3v) is 9.39. The smallest absolute Gasteiger partial charge is 0.472 e. The third-order valence-electron chi connectivity index (χ3n) is 8.44. The highest BCUT2D eigenvalue weighted by atomic mass is 31.2. The highest BCUT2D eigenvalue weighted by Crippen LogP contribution is 2.43. The first-order chi connectivity index (χ1) is 26.5. The number of aliphatic hydroxyl groups is 1. The molecule has 0 saturated heterocycles. The Balaban J connectivity index is 4.51. The van der Waals surface area contributed by atoms with Gasteiger partial charge in [-0.15, -0.1) is 0 Å². The van der Waals surface area contributed by atoms with E-state index in [9.17, 15) is 28.9 Å². The molecule has 1 unspecified atom stereocenters. The molecule has 0 saturated carbocycles. The maximum atomic E-state index is 12.6. The molecule has 0 fully saturated rings. The monoisotopic (exact) mass is 797 g/mol. The van der Waals surface area contributed by atoms with Gasteiger partial charge in [0.15, 0.2) is 6.10 Å². The summed E-state index contributed by atoms with van der Waals surface area (Å²) in [6, 6.07) is -1.53.